The molecule has 0 aliphatic carbocycles. The highest BCUT2D eigenvalue weighted by Gasteiger charge is 2.30. The van der Waals surface area contributed by atoms with E-state index in [0.29, 0.717) is 38.6 Å². The molecule has 0 unspecified atom stereocenters. The van der Waals surface area contributed by atoms with Crippen molar-refractivity contribution in [2.45, 2.75) is 111 Å². The number of carbonyl (C=O) groups is 4. The van der Waals surface area contributed by atoms with Crippen molar-refractivity contribution in [1.29, 1.82) is 0 Å². The van der Waals surface area contributed by atoms with Crippen molar-refractivity contribution in [2.75, 3.05) is 6.54 Å². The van der Waals surface area contributed by atoms with Crippen LogP contribution in [0.25, 0.3) is 0 Å². The Morgan fingerprint density at radius 2 is 1.43 bits per heavy atom. The average molecular weight is 563 g/mol. The highest BCUT2D eigenvalue weighted by molar-refractivity contribution is 5.92. The van der Waals surface area contributed by atoms with E-state index in [4.69, 9.17) is 15.2 Å². The number of rotatable bonds is 16. The summed E-state index contributed by atoms with van der Waals surface area (Å²) in [6.45, 7) is 13.7. The van der Waals surface area contributed by atoms with Crippen molar-refractivity contribution in [3.8, 4) is 0 Å². The van der Waals surface area contributed by atoms with Crippen LogP contribution >= 0.6 is 0 Å². The molecule has 226 valence electrons. The first-order chi connectivity index (χ1) is 18.7. The molecule has 5 N–H and O–H groups in total. The second-order valence-corrected chi connectivity index (χ2v) is 12.0. The highest BCUT2D eigenvalue weighted by atomic mass is 16.6. The Bertz CT molecular complexity index is 930. The quantitative estimate of drug-likeness (QED) is 0.177. The van der Waals surface area contributed by atoms with Crippen molar-refractivity contribution in [3.05, 3.63) is 35.9 Å². The van der Waals surface area contributed by atoms with Crippen LogP contribution in [0.1, 0.15) is 86.1 Å². The summed E-state index contributed by atoms with van der Waals surface area (Å²) >= 11 is 0. The normalized spacial score (nSPS) is 13.8. The maximum absolute atomic E-state index is 13.2. The molecular weight excluding hydrogens is 512 g/mol. The van der Waals surface area contributed by atoms with Gasteiger partial charge in [0.15, 0.2) is 0 Å². The standard InChI is InChI=1S/C30H50N4O6/c1-20(2)17-24(33-26(35)23(31)15-11-12-16-32-29(38)40-30(5,6)7)27(36)34-25(18-21(3)4)28(37)39-19-22-13-9-8-10-14-22/h8-10,13-14,20-21,23-25H,11-12,15-19,31H2,1-7H3,(H,32,38)(H,33,35)(H,34,36)/t23-,24+,25+/m1/s1. The fourth-order valence-corrected chi connectivity index (χ4v) is 3.89. The first kappa shape index (κ1) is 34.9. The zero-order chi connectivity index (χ0) is 30.3. The number of hydrogen-bond acceptors (Lipinski definition) is 7. The lowest BCUT2D eigenvalue weighted by Gasteiger charge is -2.25. The Balaban J connectivity index is 2.66. The van der Waals surface area contributed by atoms with Crippen LogP contribution < -0.4 is 21.7 Å². The van der Waals surface area contributed by atoms with Crippen LogP contribution in [-0.4, -0.2) is 54.1 Å². The van der Waals surface area contributed by atoms with E-state index < -0.39 is 47.6 Å². The summed E-state index contributed by atoms with van der Waals surface area (Å²) in [4.78, 5) is 50.7. The molecule has 0 heterocycles. The van der Waals surface area contributed by atoms with Crippen LogP contribution in [0, 0.1) is 11.8 Å². The molecule has 10 nitrogen and oxygen atoms in total. The van der Waals surface area contributed by atoms with E-state index >= 15 is 0 Å². The Labute approximate surface area is 239 Å². The largest absolute Gasteiger partial charge is 0.459 e. The van der Waals surface area contributed by atoms with Crippen molar-refractivity contribution >= 4 is 23.9 Å². The van der Waals surface area contributed by atoms with E-state index in [-0.39, 0.29) is 18.4 Å². The third-order valence-corrected chi connectivity index (χ3v) is 5.82. The number of amides is 3. The molecule has 3 atom stereocenters. The lowest BCUT2D eigenvalue weighted by molar-refractivity contribution is -0.150. The van der Waals surface area contributed by atoms with Gasteiger partial charge in [0.1, 0.15) is 24.3 Å². The molecule has 0 bridgehead atoms. The maximum Gasteiger partial charge on any atom is 0.407 e. The van der Waals surface area contributed by atoms with Gasteiger partial charge in [0.2, 0.25) is 11.8 Å². The van der Waals surface area contributed by atoms with Crippen LogP contribution in [0.5, 0.6) is 0 Å². The molecule has 0 aliphatic rings. The number of unbranched alkanes of at least 4 members (excludes halogenated alkanes) is 1. The topological polar surface area (TPSA) is 149 Å². The second-order valence-electron chi connectivity index (χ2n) is 12.0. The summed E-state index contributed by atoms with van der Waals surface area (Å²) in [5.41, 5.74) is 6.39. The molecule has 0 radical (unpaired) electrons. The summed E-state index contributed by atoms with van der Waals surface area (Å²) in [7, 11) is 0. The number of hydrogen-bond donors (Lipinski definition) is 4. The van der Waals surface area contributed by atoms with E-state index in [9.17, 15) is 19.2 Å². The Morgan fingerprint density at radius 3 is 2.00 bits per heavy atom. The molecule has 0 saturated carbocycles. The van der Waals surface area contributed by atoms with Gasteiger partial charge in [-0.3, -0.25) is 9.59 Å². The van der Waals surface area contributed by atoms with Crippen LogP contribution in [0.4, 0.5) is 4.79 Å². The molecule has 1 aromatic rings. The van der Waals surface area contributed by atoms with Gasteiger partial charge < -0.3 is 31.2 Å². The van der Waals surface area contributed by atoms with Crippen molar-refractivity contribution in [3.63, 3.8) is 0 Å². The van der Waals surface area contributed by atoms with E-state index in [1.807, 2.05) is 58.0 Å². The Hall–Kier alpha value is -3.14. The molecule has 0 aliphatic heterocycles. The summed E-state index contributed by atoms with van der Waals surface area (Å²) < 4.78 is 10.7. The number of nitrogens with one attached hydrogen (secondary N) is 3. The fraction of sp³-hybridized carbons (Fsp3) is 0.667. The molecule has 0 spiro atoms. The fourth-order valence-electron chi connectivity index (χ4n) is 3.89. The zero-order valence-electron chi connectivity index (χ0n) is 25.3. The van der Waals surface area contributed by atoms with E-state index in [1.54, 1.807) is 20.8 Å². The van der Waals surface area contributed by atoms with Gasteiger partial charge in [-0.25, -0.2) is 9.59 Å². The van der Waals surface area contributed by atoms with Crippen LogP contribution in [0.3, 0.4) is 0 Å². The van der Waals surface area contributed by atoms with Gasteiger partial charge in [0, 0.05) is 6.54 Å². The number of ether oxygens (including phenoxy) is 2. The predicted molar refractivity (Wildman–Crippen MR) is 155 cm³/mol. The zero-order valence-corrected chi connectivity index (χ0v) is 25.3. The number of esters is 1. The molecule has 3 amide bonds. The molecule has 1 aromatic carbocycles. The third kappa shape index (κ3) is 15.5. The number of benzene rings is 1. The molecule has 1 rings (SSSR count). The highest BCUT2D eigenvalue weighted by Crippen LogP contribution is 2.12. The molecule has 10 heteroatoms. The first-order valence-electron chi connectivity index (χ1n) is 14.2. The van der Waals surface area contributed by atoms with Gasteiger partial charge in [-0.15, -0.1) is 0 Å². The maximum atomic E-state index is 13.2. The molecule has 40 heavy (non-hydrogen) atoms. The number of alkyl carbamates (subject to hydrolysis) is 1. The van der Waals surface area contributed by atoms with Gasteiger partial charge >= 0.3 is 12.1 Å². The SMILES string of the molecule is CC(C)C[C@H](NC(=O)[C@H](N)CCCCNC(=O)OC(C)(C)C)C(=O)N[C@@H](CC(C)C)C(=O)OCc1ccccc1. The average Bonchev–Trinajstić information content (AvgIpc) is 2.85. The van der Waals surface area contributed by atoms with Crippen molar-refractivity contribution in [1.82, 2.24) is 16.0 Å². The van der Waals surface area contributed by atoms with Gasteiger partial charge in [-0.05, 0) is 70.3 Å². The summed E-state index contributed by atoms with van der Waals surface area (Å²) in [5, 5.41) is 8.25. The minimum atomic E-state index is -0.844. The minimum absolute atomic E-state index is 0.110. The summed E-state index contributed by atoms with van der Waals surface area (Å²) in [6.07, 6.45) is 1.92. The summed E-state index contributed by atoms with van der Waals surface area (Å²) in [6, 6.07) is 6.83. The van der Waals surface area contributed by atoms with Crippen molar-refractivity contribution < 1.29 is 28.7 Å². The third-order valence-electron chi connectivity index (χ3n) is 5.82. The number of nitrogens with two attached hydrogens (primary N) is 1. The lowest BCUT2D eigenvalue weighted by Crippen LogP contribution is -2.55. The Kier molecular flexibility index (Phi) is 15.3. The van der Waals surface area contributed by atoms with Crippen molar-refractivity contribution in [2.24, 2.45) is 17.6 Å². The van der Waals surface area contributed by atoms with E-state index in [1.165, 1.54) is 0 Å². The van der Waals surface area contributed by atoms with Crippen LogP contribution in [0.15, 0.2) is 30.3 Å². The summed E-state index contributed by atoms with van der Waals surface area (Å²) in [5.74, 6) is -1.16. The predicted octanol–water partition coefficient (Wildman–Crippen LogP) is 3.81. The minimum Gasteiger partial charge on any atom is -0.459 e. The molecule has 0 saturated heterocycles. The van der Waals surface area contributed by atoms with Gasteiger partial charge in [-0.2, -0.15) is 0 Å². The Morgan fingerprint density at radius 1 is 0.850 bits per heavy atom. The lowest BCUT2D eigenvalue weighted by atomic mass is 10.00. The van der Waals surface area contributed by atoms with Gasteiger partial charge in [-0.1, -0.05) is 58.0 Å². The monoisotopic (exact) mass is 562 g/mol. The van der Waals surface area contributed by atoms with Gasteiger partial charge in [0.25, 0.3) is 0 Å². The second kappa shape index (κ2) is 17.5. The van der Waals surface area contributed by atoms with Crippen LogP contribution in [-0.2, 0) is 30.5 Å². The molecule has 0 fully saturated rings. The van der Waals surface area contributed by atoms with E-state index in [2.05, 4.69) is 16.0 Å². The van der Waals surface area contributed by atoms with Gasteiger partial charge in [0.05, 0.1) is 6.04 Å². The first-order valence-corrected chi connectivity index (χ1v) is 14.2. The molecule has 0 aromatic heterocycles. The van der Waals surface area contributed by atoms with E-state index in [0.717, 1.165) is 5.56 Å². The van der Waals surface area contributed by atoms with Crippen LogP contribution in [0.2, 0.25) is 0 Å². The number of carbonyl (C=O) groups excluding carboxylic acids is 4. The smallest absolute Gasteiger partial charge is 0.407 e. The molecular formula is C30H50N4O6.